The minimum absolute atomic E-state index is 0.162. The van der Waals surface area contributed by atoms with Gasteiger partial charge in [0.05, 0.1) is 4.88 Å². The van der Waals surface area contributed by atoms with Crippen LogP contribution in [-0.4, -0.2) is 16.8 Å². The highest BCUT2D eigenvalue weighted by Gasteiger charge is 2.09. The van der Waals surface area contributed by atoms with Gasteiger partial charge in [0.2, 0.25) is 0 Å². The molecule has 2 heterocycles. The van der Waals surface area contributed by atoms with Crippen molar-refractivity contribution in [1.29, 1.82) is 0 Å². The van der Waals surface area contributed by atoms with Crippen LogP contribution in [0.25, 0.3) is 0 Å². The third kappa shape index (κ3) is 5.80. The number of nitrogens with one attached hydrogen (secondary N) is 2. The number of carbonyl (C=O) groups is 2. The summed E-state index contributed by atoms with van der Waals surface area (Å²) in [5.74, 6) is 0.409. The molecule has 2 amide bonds. The summed E-state index contributed by atoms with van der Waals surface area (Å²) in [7, 11) is 0. The molecule has 4 rings (SSSR count). The van der Waals surface area contributed by atoms with Crippen molar-refractivity contribution in [3.63, 3.8) is 0 Å². The van der Waals surface area contributed by atoms with E-state index in [-0.39, 0.29) is 11.8 Å². The number of hydrogen-bond acceptors (Lipinski definition) is 5. The quantitative estimate of drug-likeness (QED) is 0.406. The fourth-order valence-electron chi connectivity index (χ4n) is 2.94. The highest BCUT2D eigenvalue weighted by atomic mass is 32.1. The summed E-state index contributed by atoms with van der Waals surface area (Å²) in [4.78, 5) is 29.2. The molecule has 0 fully saturated rings. The third-order valence-electron chi connectivity index (χ3n) is 4.65. The van der Waals surface area contributed by atoms with E-state index in [9.17, 15) is 9.59 Å². The van der Waals surface area contributed by atoms with Gasteiger partial charge in [-0.2, -0.15) is 0 Å². The van der Waals surface area contributed by atoms with Gasteiger partial charge in [-0.25, -0.2) is 0 Å². The van der Waals surface area contributed by atoms with E-state index in [1.165, 1.54) is 11.3 Å². The van der Waals surface area contributed by atoms with Crippen LogP contribution in [0.1, 0.15) is 31.2 Å². The topological polar surface area (TPSA) is 80.3 Å². The van der Waals surface area contributed by atoms with E-state index >= 15 is 0 Å². The zero-order valence-electron chi connectivity index (χ0n) is 17.2. The van der Waals surface area contributed by atoms with Crippen molar-refractivity contribution in [1.82, 2.24) is 10.3 Å². The van der Waals surface area contributed by atoms with Crippen molar-refractivity contribution in [3.8, 4) is 5.75 Å². The Morgan fingerprint density at radius 1 is 0.875 bits per heavy atom. The highest BCUT2D eigenvalue weighted by molar-refractivity contribution is 7.12. The molecule has 2 aromatic carbocycles. The molecule has 6 nitrogen and oxygen atoms in total. The van der Waals surface area contributed by atoms with Gasteiger partial charge < -0.3 is 15.4 Å². The van der Waals surface area contributed by atoms with Gasteiger partial charge in [0, 0.05) is 35.8 Å². The van der Waals surface area contributed by atoms with Crippen LogP contribution in [0.4, 0.5) is 5.69 Å². The SMILES string of the molecule is O=C(NCc1ccc(OCc2cccnc2)cc1)c1ccc(NC(=O)c2cccs2)cc1. The Morgan fingerprint density at radius 3 is 2.38 bits per heavy atom. The number of benzene rings is 2. The van der Waals surface area contributed by atoms with E-state index in [1.54, 1.807) is 42.7 Å². The molecule has 4 aromatic rings. The van der Waals surface area contributed by atoms with Crippen molar-refractivity contribution in [2.45, 2.75) is 13.2 Å². The second kappa shape index (κ2) is 10.4. The Labute approximate surface area is 189 Å². The molecular formula is C25H21N3O3S. The maximum absolute atomic E-state index is 12.4. The average molecular weight is 444 g/mol. The van der Waals surface area contributed by atoms with Crippen LogP contribution in [0.3, 0.4) is 0 Å². The normalized spacial score (nSPS) is 10.4. The maximum atomic E-state index is 12.4. The van der Waals surface area contributed by atoms with Crippen molar-refractivity contribution in [3.05, 3.63) is 112 Å². The van der Waals surface area contributed by atoms with Gasteiger partial charge in [0.25, 0.3) is 11.8 Å². The number of ether oxygens (including phenoxy) is 1. The van der Waals surface area contributed by atoms with Gasteiger partial charge in [-0.05, 0) is 59.5 Å². The fraction of sp³-hybridized carbons (Fsp3) is 0.0800. The summed E-state index contributed by atoms with van der Waals surface area (Å²) in [6.07, 6.45) is 3.50. The monoisotopic (exact) mass is 443 g/mol. The van der Waals surface area contributed by atoms with Crippen LogP contribution in [-0.2, 0) is 13.2 Å². The number of anilines is 1. The number of amides is 2. The average Bonchev–Trinajstić information content (AvgIpc) is 3.38. The molecule has 0 spiro atoms. The maximum Gasteiger partial charge on any atom is 0.265 e. The molecule has 0 aliphatic heterocycles. The van der Waals surface area contributed by atoms with E-state index in [4.69, 9.17) is 4.74 Å². The predicted molar refractivity (Wildman–Crippen MR) is 125 cm³/mol. The van der Waals surface area contributed by atoms with Gasteiger partial charge in [-0.3, -0.25) is 14.6 Å². The van der Waals surface area contributed by atoms with Gasteiger partial charge in [0.15, 0.2) is 0 Å². The molecule has 0 atom stereocenters. The molecule has 160 valence electrons. The van der Waals surface area contributed by atoms with Crippen molar-refractivity contribution in [2.75, 3.05) is 5.32 Å². The number of thiophene rings is 1. The van der Waals surface area contributed by atoms with E-state index in [2.05, 4.69) is 15.6 Å². The minimum atomic E-state index is -0.182. The third-order valence-corrected chi connectivity index (χ3v) is 5.52. The molecule has 7 heteroatoms. The van der Waals surface area contributed by atoms with E-state index in [0.717, 1.165) is 16.9 Å². The Morgan fingerprint density at radius 2 is 1.69 bits per heavy atom. The minimum Gasteiger partial charge on any atom is -0.489 e. The molecule has 0 unspecified atom stereocenters. The summed E-state index contributed by atoms with van der Waals surface area (Å²) < 4.78 is 5.75. The summed E-state index contributed by atoms with van der Waals surface area (Å²) in [5.41, 5.74) is 3.13. The second-order valence-electron chi connectivity index (χ2n) is 6.99. The Hall–Kier alpha value is -3.97. The van der Waals surface area contributed by atoms with Gasteiger partial charge in [0.1, 0.15) is 12.4 Å². The van der Waals surface area contributed by atoms with E-state index < -0.39 is 0 Å². The lowest BCUT2D eigenvalue weighted by atomic mass is 10.1. The highest BCUT2D eigenvalue weighted by Crippen LogP contribution is 2.16. The van der Waals surface area contributed by atoms with Gasteiger partial charge in [-0.1, -0.05) is 24.3 Å². The molecule has 0 aliphatic rings. The first-order chi connectivity index (χ1) is 15.7. The molecule has 0 bridgehead atoms. The lowest BCUT2D eigenvalue weighted by molar-refractivity contribution is 0.0950. The van der Waals surface area contributed by atoms with E-state index in [1.807, 2.05) is 47.8 Å². The lowest BCUT2D eigenvalue weighted by Crippen LogP contribution is -2.22. The summed E-state index contributed by atoms with van der Waals surface area (Å²) in [6.45, 7) is 0.853. The molecule has 2 aromatic heterocycles. The van der Waals surface area contributed by atoms with Crippen molar-refractivity contribution in [2.24, 2.45) is 0 Å². The Bertz CT molecular complexity index is 1160. The van der Waals surface area contributed by atoms with Gasteiger partial charge >= 0.3 is 0 Å². The van der Waals surface area contributed by atoms with Crippen LogP contribution in [0.15, 0.2) is 90.6 Å². The number of hydrogen-bond donors (Lipinski definition) is 2. The van der Waals surface area contributed by atoms with Crippen LogP contribution in [0, 0.1) is 0 Å². The second-order valence-corrected chi connectivity index (χ2v) is 7.93. The Kier molecular flexibility index (Phi) is 6.89. The first-order valence-electron chi connectivity index (χ1n) is 10.0. The number of rotatable bonds is 8. The first-order valence-corrected chi connectivity index (χ1v) is 10.9. The smallest absolute Gasteiger partial charge is 0.265 e. The summed E-state index contributed by atoms with van der Waals surface area (Å²) in [6, 6.07) is 21.8. The largest absolute Gasteiger partial charge is 0.489 e. The number of carbonyl (C=O) groups excluding carboxylic acids is 2. The lowest BCUT2D eigenvalue weighted by Gasteiger charge is -2.09. The zero-order chi connectivity index (χ0) is 22.2. The molecule has 0 aliphatic carbocycles. The number of nitrogens with zero attached hydrogens (tertiary/aromatic N) is 1. The fourth-order valence-corrected chi connectivity index (χ4v) is 3.56. The summed E-state index contributed by atoms with van der Waals surface area (Å²) >= 11 is 1.38. The van der Waals surface area contributed by atoms with Crippen LogP contribution in [0.2, 0.25) is 0 Å². The zero-order valence-corrected chi connectivity index (χ0v) is 18.0. The molecule has 0 saturated carbocycles. The standard InChI is InChI=1S/C25H21N3O3S/c29-24(20-7-9-21(10-8-20)28-25(30)23-4-2-14-32-23)27-16-18-5-11-22(12-6-18)31-17-19-3-1-13-26-15-19/h1-15H,16-17H2,(H,27,29)(H,28,30). The number of pyridine rings is 1. The van der Waals surface area contributed by atoms with Crippen molar-refractivity contribution < 1.29 is 14.3 Å². The molecule has 0 radical (unpaired) electrons. The predicted octanol–water partition coefficient (Wildman–Crippen LogP) is 4.90. The van der Waals surface area contributed by atoms with Gasteiger partial charge in [-0.15, -0.1) is 11.3 Å². The molecule has 2 N–H and O–H groups in total. The molecule has 32 heavy (non-hydrogen) atoms. The molecule has 0 saturated heterocycles. The summed E-state index contributed by atoms with van der Waals surface area (Å²) in [5, 5.41) is 7.57. The number of aromatic nitrogens is 1. The molecular weight excluding hydrogens is 422 g/mol. The van der Waals surface area contributed by atoms with Crippen LogP contribution >= 0.6 is 11.3 Å². The van der Waals surface area contributed by atoms with E-state index in [0.29, 0.717) is 29.3 Å². The van der Waals surface area contributed by atoms with Crippen LogP contribution < -0.4 is 15.4 Å². The van der Waals surface area contributed by atoms with Crippen molar-refractivity contribution >= 4 is 28.8 Å². The Balaban J connectivity index is 1.25. The van der Waals surface area contributed by atoms with Crippen LogP contribution in [0.5, 0.6) is 5.75 Å². The first kappa shape index (κ1) is 21.3.